The predicted octanol–water partition coefficient (Wildman–Crippen LogP) is 3.17. The van der Waals surface area contributed by atoms with Gasteiger partial charge in [0.05, 0.1) is 0 Å². The Hall–Kier alpha value is -1.70. The largest absolute Gasteiger partial charge is 1.00 e. The number of rotatable bonds is 6. The van der Waals surface area contributed by atoms with Crippen molar-refractivity contribution in [3.63, 3.8) is 0 Å². The van der Waals surface area contributed by atoms with Gasteiger partial charge in [0.2, 0.25) is 0 Å². The fourth-order valence-electron chi connectivity index (χ4n) is 8.19. The molecule has 2 aliphatic heterocycles. The van der Waals surface area contributed by atoms with Crippen molar-refractivity contribution in [2.24, 2.45) is 5.92 Å². The molecule has 233 valence electrons. The standard InChI is InChI=1S/C29H39.C12H8Si.2ClH.Zr/c1-18(2)12-21-13-22-10-11-27(29(7,8)9)28(26(22)14-21)25-16-23(19(3)4)15-24(17-25)20(5)6;1-3-7-11-9(5-1)10-6-2-4-8-12(10)13-11;;;/h10-11,13-20H,12H2,1-9H3;1-7,13H;2*1H;/q;;;;+2/p-2. The third-order valence-corrected chi connectivity index (χ3v) is 32.5. The summed E-state index contributed by atoms with van der Waals surface area (Å²) in [6, 6.07) is 29.5. The fraction of sp³-hybridized carbons (Fsp3) is 0.366. The van der Waals surface area contributed by atoms with Gasteiger partial charge in [0.1, 0.15) is 0 Å². The van der Waals surface area contributed by atoms with Crippen molar-refractivity contribution < 1.29 is 45.7 Å². The molecule has 0 fully saturated rings. The summed E-state index contributed by atoms with van der Waals surface area (Å²) >= 11 is -2.04. The van der Waals surface area contributed by atoms with Crippen LogP contribution < -0.4 is 38.5 Å². The molecular weight excluding hydrogens is 683 g/mol. The van der Waals surface area contributed by atoms with Crippen LogP contribution >= 0.6 is 0 Å². The van der Waals surface area contributed by atoms with Crippen LogP contribution in [0.4, 0.5) is 0 Å². The molecule has 0 N–H and O–H groups in total. The Morgan fingerprint density at radius 3 is 2.02 bits per heavy atom. The first kappa shape index (κ1) is 34.6. The molecule has 2 heterocycles. The number of fused-ring (bicyclic) bond motifs is 4. The van der Waals surface area contributed by atoms with Gasteiger partial charge in [0, 0.05) is 0 Å². The van der Waals surface area contributed by atoms with Crippen LogP contribution in [-0.4, -0.2) is 5.92 Å². The van der Waals surface area contributed by atoms with Crippen molar-refractivity contribution in [3.8, 4) is 22.3 Å². The Balaban J connectivity index is 0.00000200. The van der Waals surface area contributed by atoms with E-state index >= 15 is 0 Å². The van der Waals surface area contributed by atoms with E-state index in [1.54, 1.807) is 33.0 Å². The number of hydrogen-bond donors (Lipinski definition) is 0. The van der Waals surface area contributed by atoms with Gasteiger partial charge >= 0.3 is 271 Å². The third-order valence-electron chi connectivity index (χ3n) is 10.2. The number of benzene rings is 4. The van der Waals surface area contributed by atoms with Crippen molar-refractivity contribution in [2.75, 3.05) is 0 Å². The molecular formula is C41H47Cl2SiZr. The van der Waals surface area contributed by atoms with E-state index in [0.29, 0.717) is 21.4 Å². The molecule has 0 saturated heterocycles. The Morgan fingerprint density at radius 1 is 0.756 bits per heavy atom. The topological polar surface area (TPSA) is 0 Å². The molecule has 4 heteroatoms. The molecule has 0 spiro atoms. The maximum absolute atomic E-state index is 2.71. The van der Waals surface area contributed by atoms with Gasteiger partial charge in [-0.2, -0.15) is 0 Å². The number of halogens is 2. The summed E-state index contributed by atoms with van der Waals surface area (Å²) < 4.78 is 2.52. The minimum atomic E-state index is -2.04. The molecule has 2 unspecified atom stereocenters. The van der Waals surface area contributed by atoms with E-state index < -0.39 is 26.8 Å². The second kappa shape index (κ2) is 12.7. The number of hydrogen-bond acceptors (Lipinski definition) is 0. The van der Waals surface area contributed by atoms with Crippen molar-refractivity contribution >= 4 is 25.6 Å². The smallest absolute Gasteiger partial charge is 1.00 e. The second-order valence-corrected chi connectivity index (χ2v) is 30.4. The first-order valence-corrected chi connectivity index (χ1v) is 25.2. The van der Waals surface area contributed by atoms with Gasteiger partial charge in [-0.15, -0.1) is 0 Å². The fourth-order valence-corrected chi connectivity index (χ4v) is 34.3. The zero-order chi connectivity index (χ0) is 30.4. The van der Waals surface area contributed by atoms with E-state index in [1.165, 1.54) is 34.2 Å². The molecule has 0 aromatic heterocycles. The summed E-state index contributed by atoms with van der Waals surface area (Å²) in [4.78, 5) is 0. The Labute approximate surface area is 293 Å². The Bertz CT molecular complexity index is 1770. The minimum absolute atomic E-state index is 0. The van der Waals surface area contributed by atoms with Crippen LogP contribution in [0.1, 0.15) is 112 Å². The first-order chi connectivity index (χ1) is 20.5. The normalized spacial score (nSPS) is 17.4. The molecule has 0 bridgehead atoms. The van der Waals surface area contributed by atoms with Crippen molar-refractivity contribution in [2.45, 2.75) is 89.6 Å². The van der Waals surface area contributed by atoms with Crippen LogP contribution in [0.2, 0.25) is 0 Å². The molecule has 45 heavy (non-hydrogen) atoms. The zero-order valence-electron chi connectivity index (χ0n) is 28.4. The van der Waals surface area contributed by atoms with Gasteiger partial charge in [-0.1, -0.05) is 0 Å². The Kier molecular flexibility index (Phi) is 9.79. The summed E-state index contributed by atoms with van der Waals surface area (Å²) in [7, 11) is 0. The van der Waals surface area contributed by atoms with Crippen LogP contribution in [-0.2, 0) is 26.3 Å². The summed E-state index contributed by atoms with van der Waals surface area (Å²) in [5, 5.41) is 3.59. The van der Waals surface area contributed by atoms with Gasteiger partial charge in [-0.3, -0.25) is 0 Å². The van der Waals surface area contributed by atoms with E-state index in [1.807, 2.05) is 8.46 Å². The third kappa shape index (κ3) is 5.65. The van der Waals surface area contributed by atoms with Crippen molar-refractivity contribution in [3.05, 3.63) is 106 Å². The molecule has 4 aromatic rings. The van der Waals surface area contributed by atoms with Gasteiger partial charge < -0.3 is 24.8 Å². The molecule has 0 amide bonds. The SMILES string of the molecule is CC(C)CC1=Cc2c(ccc(C(C)(C)C)c2-c2cc(C(C)C)cc(C(C)C)c2)[CH]1[Zr+2]1[c]2cccc3c2[SiH]1c1ccccc1-3.[Cl-].[Cl-]. The summed E-state index contributed by atoms with van der Waals surface area (Å²) in [5.74, 6) is 0.570. The van der Waals surface area contributed by atoms with E-state index in [2.05, 4.69) is 141 Å². The zero-order valence-corrected chi connectivity index (χ0v) is 33.5. The van der Waals surface area contributed by atoms with Crippen LogP contribution in [0.5, 0.6) is 0 Å². The molecule has 3 aliphatic rings. The molecule has 0 saturated carbocycles. The predicted molar refractivity (Wildman–Crippen MR) is 187 cm³/mol. The summed E-state index contributed by atoms with van der Waals surface area (Å²) in [6.45, 7) is 21.5. The van der Waals surface area contributed by atoms with Crippen LogP contribution in [0.25, 0.3) is 28.3 Å². The monoisotopic (exact) mass is 727 g/mol. The number of allylic oxidation sites excluding steroid dienone is 1. The van der Waals surface area contributed by atoms with Gasteiger partial charge in [-0.25, -0.2) is 0 Å². The maximum Gasteiger partial charge on any atom is -1.00 e. The second-order valence-electron chi connectivity index (χ2n) is 15.4. The van der Waals surface area contributed by atoms with Crippen LogP contribution in [0, 0.1) is 5.92 Å². The quantitative estimate of drug-likeness (QED) is 0.268. The minimum Gasteiger partial charge on any atom is -1.00 e. The van der Waals surface area contributed by atoms with E-state index in [9.17, 15) is 0 Å². The summed E-state index contributed by atoms with van der Waals surface area (Å²) in [6.07, 6.45) is 3.93. The molecule has 0 radical (unpaired) electrons. The molecule has 7 rings (SSSR count). The molecule has 0 nitrogen and oxygen atoms in total. The molecule has 2 atom stereocenters. The maximum atomic E-state index is 2.71. The summed E-state index contributed by atoms with van der Waals surface area (Å²) in [5.41, 5.74) is 15.6. The van der Waals surface area contributed by atoms with E-state index in [0.717, 1.165) is 0 Å². The van der Waals surface area contributed by atoms with Crippen LogP contribution in [0.3, 0.4) is 0 Å². The van der Waals surface area contributed by atoms with Crippen LogP contribution in [0.15, 0.2) is 78.4 Å². The van der Waals surface area contributed by atoms with Gasteiger partial charge in [0.25, 0.3) is 0 Å². The van der Waals surface area contributed by atoms with Crippen molar-refractivity contribution in [1.29, 1.82) is 0 Å². The molecule has 1 aliphatic carbocycles. The van der Waals surface area contributed by atoms with E-state index in [-0.39, 0.29) is 30.2 Å². The molecule has 4 aromatic carbocycles. The first-order valence-electron chi connectivity index (χ1n) is 16.6. The van der Waals surface area contributed by atoms with Gasteiger partial charge in [0.15, 0.2) is 0 Å². The van der Waals surface area contributed by atoms with E-state index in [4.69, 9.17) is 0 Å². The van der Waals surface area contributed by atoms with Crippen molar-refractivity contribution in [1.82, 2.24) is 0 Å². The Morgan fingerprint density at radius 2 is 1.40 bits per heavy atom. The average molecular weight is 730 g/mol. The van der Waals surface area contributed by atoms with Gasteiger partial charge in [-0.05, 0) is 0 Å². The average Bonchev–Trinajstić information content (AvgIpc) is 3.45.